The van der Waals surface area contributed by atoms with Crippen molar-refractivity contribution in [3.63, 3.8) is 0 Å². The van der Waals surface area contributed by atoms with Crippen LogP contribution in [0.2, 0.25) is 0 Å². The second-order valence-electron chi connectivity index (χ2n) is 13.8. The second kappa shape index (κ2) is 14.6. The van der Waals surface area contributed by atoms with Gasteiger partial charge in [0, 0.05) is 16.7 Å². The van der Waals surface area contributed by atoms with E-state index in [1.807, 2.05) is 36.6 Å². The molecule has 6 heterocycles. The predicted molar refractivity (Wildman–Crippen MR) is 193 cm³/mol. The number of carbonyl (C=O) groups excluding carboxylic acids is 1. The molecule has 0 bridgehead atoms. The zero-order chi connectivity index (χ0) is 38.0. The smallest absolute Gasteiger partial charge is 0.310 e. The molecule has 17 heteroatoms. The third kappa shape index (κ3) is 6.32. The van der Waals surface area contributed by atoms with E-state index in [9.17, 15) is 19.9 Å². The normalized spacial score (nSPS) is 31.1. The molecular weight excluding hydrogens is 759 g/mol. The molecule has 0 amide bonds. The summed E-state index contributed by atoms with van der Waals surface area (Å²) >= 11 is 2.68. The van der Waals surface area contributed by atoms with E-state index < -0.39 is 72.9 Å². The first-order chi connectivity index (χ1) is 26.8. The Labute approximate surface area is 322 Å². The van der Waals surface area contributed by atoms with Gasteiger partial charge in [-0.1, -0.05) is 6.07 Å². The number of esters is 1. The van der Waals surface area contributed by atoms with Gasteiger partial charge in [-0.3, -0.25) is 4.79 Å². The van der Waals surface area contributed by atoms with Crippen molar-refractivity contribution < 1.29 is 62.4 Å². The van der Waals surface area contributed by atoms with Crippen molar-refractivity contribution in [2.75, 3.05) is 34.2 Å². The number of thiophene rings is 2. The summed E-state index contributed by atoms with van der Waals surface area (Å²) in [6.07, 6.45) is -7.77. The van der Waals surface area contributed by atoms with Crippen LogP contribution in [-0.4, -0.2) is 81.1 Å². The summed E-state index contributed by atoms with van der Waals surface area (Å²) in [7, 11) is 3.02. The first kappa shape index (κ1) is 36.3. The van der Waals surface area contributed by atoms with Crippen molar-refractivity contribution >= 4 is 33.6 Å². The summed E-state index contributed by atoms with van der Waals surface area (Å²) in [5, 5.41) is 28.0. The fourth-order valence-corrected chi connectivity index (χ4v) is 9.60. The maximum absolute atomic E-state index is 13.8. The number of aliphatic hydroxyl groups excluding tert-OH is 2. The molecule has 1 aliphatic carbocycles. The molecule has 3 saturated heterocycles. The van der Waals surface area contributed by atoms with Gasteiger partial charge in [0.05, 0.1) is 44.3 Å². The van der Waals surface area contributed by atoms with Gasteiger partial charge < -0.3 is 57.6 Å². The van der Waals surface area contributed by atoms with Crippen LogP contribution in [0.1, 0.15) is 57.8 Å². The van der Waals surface area contributed by atoms with E-state index in [0.717, 1.165) is 9.75 Å². The lowest BCUT2D eigenvalue weighted by atomic mass is 9.66. The minimum absolute atomic E-state index is 0.00992. The van der Waals surface area contributed by atoms with Crippen LogP contribution in [0, 0.1) is 16.7 Å². The number of aliphatic hydroxyl groups is 2. The van der Waals surface area contributed by atoms with Crippen molar-refractivity contribution in [2.45, 2.75) is 62.0 Å². The van der Waals surface area contributed by atoms with Crippen LogP contribution in [0.5, 0.6) is 28.7 Å². The standard InChI is InChI=1S/C38H37NO14S2/c1-16(26-6-7-28(39-43)55-26)50-34-23(44-2)9-17(10-24(34)45-3)29-18-11-21-22(49-15-48-21)12-19(18)33(20-13-46-36(42)30(20)29)52-38-32(41)31(40)35-25(51-38)14-47-37(53-35)27-5-4-8-54-27/h4-12,16,20,25,29-33,35,37-38,40-41H,13-15H2,1-3H3/t16?,20-,25?,29+,30-,31?,32?,33+,35?,37?,38?/m0/s1. The molecule has 7 unspecified atom stereocenters. The number of carbonyl (C=O) groups is 1. The molecule has 3 fully saturated rings. The fraction of sp³-hybridized carbons (Fsp3) is 0.447. The summed E-state index contributed by atoms with van der Waals surface area (Å²) in [4.78, 5) is 26.5. The Balaban J connectivity index is 1.06. The molecule has 0 radical (unpaired) electrons. The predicted octanol–water partition coefficient (Wildman–Crippen LogP) is 5.65. The van der Waals surface area contributed by atoms with Crippen LogP contribution in [0.3, 0.4) is 0 Å². The van der Waals surface area contributed by atoms with Crippen LogP contribution in [0.15, 0.2) is 59.1 Å². The van der Waals surface area contributed by atoms with Gasteiger partial charge in [-0.2, -0.15) is 0 Å². The number of cyclic esters (lactones) is 1. The van der Waals surface area contributed by atoms with E-state index in [4.69, 9.17) is 47.4 Å². The van der Waals surface area contributed by atoms with Crippen LogP contribution in [-0.2, 0) is 28.5 Å². The maximum Gasteiger partial charge on any atom is 0.310 e. The molecule has 9 rings (SSSR count). The van der Waals surface area contributed by atoms with E-state index in [2.05, 4.69) is 5.18 Å². The third-order valence-corrected chi connectivity index (χ3v) is 12.8. The van der Waals surface area contributed by atoms with Gasteiger partial charge in [-0.25, -0.2) is 0 Å². The van der Waals surface area contributed by atoms with Crippen molar-refractivity contribution in [2.24, 2.45) is 17.0 Å². The Morgan fingerprint density at radius 2 is 1.69 bits per heavy atom. The molecule has 2 N–H and O–H groups in total. The van der Waals surface area contributed by atoms with Crippen molar-refractivity contribution in [1.29, 1.82) is 0 Å². The zero-order valence-electron chi connectivity index (χ0n) is 29.7. The van der Waals surface area contributed by atoms with Gasteiger partial charge in [0.1, 0.15) is 30.5 Å². The second-order valence-corrected chi connectivity index (χ2v) is 15.8. The van der Waals surface area contributed by atoms with Crippen LogP contribution in [0.4, 0.5) is 5.00 Å². The number of hydrogen-bond donors (Lipinski definition) is 2. The Morgan fingerprint density at radius 1 is 0.927 bits per heavy atom. The molecule has 2 aromatic carbocycles. The number of ether oxygens (including phenoxy) is 10. The highest BCUT2D eigenvalue weighted by Gasteiger charge is 2.56. The van der Waals surface area contributed by atoms with Gasteiger partial charge in [-0.15, -0.1) is 27.6 Å². The molecule has 11 atom stereocenters. The average Bonchev–Trinajstić information content (AvgIpc) is 4.04. The van der Waals surface area contributed by atoms with Crippen molar-refractivity contribution in [3.05, 3.63) is 85.3 Å². The first-order valence-electron chi connectivity index (χ1n) is 17.7. The summed E-state index contributed by atoms with van der Waals surface area (Å²) < 4.78 is 60.3. The Kier molecular flexibility index (Phi) is 9.66. The summed E-state index contributed by atoms with van der Waals surface area (Å²) in [6, 6.07) is 14.4. The summed E-state index contributed by atoms with van der Waals surface area (Å²) in [5.41, 5.74) is 2.03. The number of rotatable bonds is 10. The fourth-order valence-electron chi connectivity index (χ4n) is 8.13. The average molecular weight is 796 g/mol. The first-order valence-corrected chi connectivity index (χ1v) is 19.4. The highest BCUT2D eigenvalue weighted by Crippen LogP contribution is 2.57. The van der Waals surface area contributed by atoms with Gasteiger partial charge in [0.15, 0.2) is 40.6 Å². The molecule has 0 spiro atoms. The quantitative estimate of drug-likeness (QED) is 0.149. The minimum Gasteiger partial charge on any atom is -0.493 e. The molecule has 290 valence electrons. The van der Waals surface area contributed by atoms with E-state index in [-0.39, 0.29) is 20.0 Å². The number of fused-ring (bicyclic) bond motifs is 4. The SMILES string of the molecule is COc1cc([C@@H]2c3cc4c(cc3[C@@H](OC3OC5COC(c6cccs6)OC5C(O)C3O)[C@H]3COC(=O)[C@H]23)OCO4)cc(OC)c1OC(C)c1ccc(N=O)s1. The highest BCUT2D eigenvalue weighted by atomic mass is 32.1. The lowest BCUT2D eigenvalue weighted by molar-refractivity contribution is -0.368. The van der Waals surface area contributed by atoms with Crippen LogP contribution >= 0.6 is 22.7 Å². The summed E-state index contributed by atoms with van der Waals surface area (Å²) in [6.45, 7) is 1.97. The molecule has 2 aromatic heterocycles. The Morgan fingerprint density at radius 3 is 2.38 bits per heavy atom. The number of methoxy groups -OCH3 is 2. The zero-order valence-corrected chi connectivity index (χ0v) is 31.4. The number of nitrogens with zero attached hydrogens (tertiary/aromatic N) is 1. The Bertz CT molecular complexity index is 2050. The molecule has 4 aliphatic heterocycles. The number of nitroso groups, excluding NO2 is 1. The monoisotopic (exact) mass is 795 g/mol. The van der Waals surface area contributed by atoms with Gasteiger partial charge in [-0.05, 0) is 76.6 Å². The van der Waals surface area contributed by atoms with Crippen LogP contribution in [0.25, 0.3) is 0 Å². The molecule has 4 aromatic rings. The van der Waals surface area contributed by atoms with E-state index >= 15 is 0 Å². The number of hydrogen-bond acceptors (Lipinski definition) is 17. The van der Waals surface area contributed by atoms with Crippen molar-refractivity contribution in [1.82, 2.24) is 0 Å². The Hall–Kier alpha value is -4.33. The molecule has 55 heavy (non-hydrogen) atoms. The van der Waals surface area contributed by atoms with Gasteiger partial charge in [0.2, 0.25) is 12.5 Å². The maximum atomic E-state index is 13.8. The molecule has 15 nitrogen and oxygen atoms in total. The molecule has 5 aliphatic rings. The molecular formula is C38H37NO14S2. The van der Waals surface area contributed by atoms with Gasteiger partial charge >= 0.3 is 5.97 Å². The van der Waals surface area contributed by atoms with E-state index in [1.54, 1.807) is 24.3 Å². The summed E-state index contributed by atoms with van der Waals surface area (Å²) in [5.74, 6) is -0.316. The topological polar surface area (TPSA) is 179 Å². The highest BCUT2D eigenvalue weighted by molar-refractivity contribution is 7.15. The van der Waals surface area contributed by atoms with E-state index in [0.29, 0.717) is 50.4 Å². The van der Waals surface area contributed by atoms with E-state index in [1.165, 1.54) is 36.9 Å². The lowest BCUT2D eigenvalue weighted by Crippen LogP contribution is -2.62. The van der Waals surface area contributed by atoms with Crippen molar-refractivity contribution in [3.8, 4) is 28.7 Å². The number of benzene rings is 2. The van der Waals surface area contributed by atoms with Crippen LogP contribution < -0.4 is 23.7 Å². The van der Waals surface area contributed by atoms with Gasteiger partial charge in [0.25, 0.3) is 0 Å². The third-order valence-electron chi connectivity index (χ3n) is 10.7. The lowest BCUT2D eigenvalue weighted by Gasteiger charge is -2.48. The minimum atomic E-state index is -1.49. The molecule has 0 saturated carbocycles. The largest absolute Gasteiger partial charge is 0.493 e.